The molecule has 1 atom stereocenters. The molecule has 96 valence electrons. The normalized spacial score (nSPS) is 20.3. The third-order valence-corrected chi connectivity index (χ3v) is 3.26. The first-order valence-electron chi connectivity index (χ1n) is 6.68. The van der Waals surface area contributed by atoms with E-state index in [9.17, 15) is 0 Å². The maximum Gasteiger partial charge on any atom is 0.142 e. The van der Waals surface area contributed by atoms with E-state index in [1.807, 2.05) is 12.1 Å². The summed E-state index contributed by atoms with van der Waals surface area (Å²) in [6.45, 7) is 5.67. The zero-order valence-electron chi connectivity index (χ0n) is 10.9. The van der Waals surface area contributed by atoms with Crippen LogP contribution in [0.4, 0.5) is 5.82 Å². The van der Waals surface area contributed by atoms with Gasteiger partial charge in [0, 0.05) is 12.6 Å². The van der Waals surface area contributed by atoms with E-state index in [1.165, 1.54) is 32.4 Å². The van der Waals surface area contributed by atoms with Gasteiger partial charge >= 0.3 is 0 Å². The molecule has 1 fully saturated rings. The average molecular weight is 244 g/mol. The van der Waals surface area contributed by atoms with Gasteiger partial charge in [-0.3, -0.25) is 0 Å². The predicted molar refractivity (Wildman–Crippen MR) is 72.3 cm³/mol. The van der Waals surface area contributed by atoms with Crippen molar-refractivity contribution in [1.82, 2.24) is 9.88 Å². The van der Waals surface area contributed by atoms with Crippen LogP contribution in [0.25, 0.3) is 0 Å². The average Bonchev–Trinajstić information content (AvgIpc) is 2.40. The van der Waals surface area contributed by atoms with Crippen molar-refractivity contribution in [2.45, 2.75) is 32.2 Å². The first-order chi connectivity index (χ1) is 8.81. The van der Waals surface area contributed by atoms with Crippen LogP contribution in [0.2, 0.25) is 0 Å². The zero-order valence-corrected chi connectivity index (χ0v) is 10.9. The fourth-order valence-electron chi connectivity index (χ4n) is 2.48. The highest BCUT2D eigenvalue weighted by Gasteiger charge is 2.19. The second-order valence-corrected chi connectivity index (χ2v) is 4.80. The first kappa shape index (κ1) is 12.8. The molecule has 0 spiro atoms. The SMILES string of the molecule is CCCN1CCCC(Nc2cccc(C#N)n2)C1. The summed E-state index contributed by atoms with van der Waals surface area (Å²) in [5.41, 5.74) is 0.473. The number of rotatable bonds is 4. The molecule has 1 saturated heterocycles. The number of likely N-dealkylation sites (tertiary alicyclic amines) is 1. The number of hydrogen-bond donors (Lipinski definition) is 1. The second-order valence-electron chi connectivity index (χ2n) is 4.80. The number of nitrogens with zero attached hydrogens (tertiary/aromatic N) is 3. The fourth-order valence-corrected chi connectivity index (χ4v) is 2.48. The van der Waals surface area contributed by atoms with Gasteiger partial charge in [0.05, 0.1) is 0 Å². The third kappa shape index (κ3) is 3.44. The molecule has 0 saturated carbocycles. The summed E-state index contributed by atoms with van der Waals surface area (Å²) < 4.78 is 0. The van der Waals surface area contributed by atoms with Crippen LogP contribution in [-0.2, 0) is 0 Å². The third-order valence-electron chi connectivity index (χ3n) is 3.26. The lowest BCUT2D eigenvalue weighted by Gasteiger charge is -2.33. The van der Waals surface area contributed by atoms with E-state index in [-0.39, 0.29) is 0 Å². The molecule has 4 nitrogen and oxygen atoms in total. The van der Waals surface area contributed by atoms with Crippen LogP contribution in [0.5, 0.6) is 0 Å². The zero-order chi connectivity index (χ0) is 12.8. The van der Waals surface area contributed by atoms with Gasteiger partial charge < -0.3 is 10.2 Å². The number of nitriles is 1. The van der Waals surface area contributed by atoms with Crippen LogP contribution in [0, 0.1) is 11.3 Å². The number of aromatic nitrogens is 1. The van der Waals surface area contributed by atoms with Gasteiger partial charge in [0.2, 0.25) is 0 Å². The molecular weight excluding hydrogens is 224 g/mol. The van der Waals surface area contributed by atoms with Crippen molar-refractivity contribution < 1.29 is 0 Å². The molecule has 1 aromatic heterocycles. The minimum absolute atomic E-state index is 0.451. The minimum Gasteiger partial charge on any atom is -0.366 e. The Balaban J connectivity index is 1.94. The molecular formula is C14H20N4. The Morgan fingerprint density at radius 3 is 3.22 bits per heavy atom. The molecule has 1 unspecified atom stereocenters. The second kappa shape index (κ2) is 6.36. The summed E-state index contributed by atoms with van der Waals surface area (Å²) in [4.78, 5) is 6.76. The van der Waals surface area contributed by atoms with E-state index in [2.05, 4.69) is 28.2 Å². The molecule has 0 aliphatic carbocycles. The number of anilines is 1. The van der Waals surface area contributed by atoms with Crippen LogP contribution in [0.3, 0.4) is 0 Å². The predicted octanol–water partition coefficient (Wildman–Crippen LogP) is 2.24. The Morgan fingerprint density at radius 1 is 1.56 bits per heavy atom. The van der Waals surface area contributed by atoms with Gasteiger partial charge in [0.1, 0.15) is 17.6 Å². The van der Waals surface area contributed by atoms with Crippen LogP contribution < -0.4 is 5.32 Å². The number of hydrogen-bond acceptors (Lipinski definition) is 4. The van der Waals surface area contributed by atoms with E-state index < -0.39 is 0 Å². The number of pyridine rings is 1. The summed E-state index contributed by atoms with van der Waals surface area (Å²) in [6, 6.07) is 8.06. The molecule has 2 rings (SSSR count). The summed E-state index contributed by atoms with van der Waals surface area (Å²) >= 11 is 0. The van der Waals surface area contributed by atoms with Crippen LogP contribution in [0.1, 0.15) is 31.9 Å². The highest BCUT2D eigenvalue weighted by molar-refractivity contribution is 5.39. The Bertz CT molecular complexity index is 422. The summed E-state index contributed by atoms with van der Waals surface area (Å²) in [5, 5.41) is 12.3. The minimum atomic E-state index is 0.451. The van der Waals surface area contributed by atoms with Gasteiger partial charge in [-0.1, -0.05) is 13.0 Å². The summed E-state index contributed by atoms with van der Waals surface area (Å²) in [6.07, 6.45) is 3.61. The van der Waals surface area contributed by atoms with E-state index >= 15 is 0 Å². The van der Waals surface area contributed by atoms with E-state index in [0.29, 0.717) is 11.7 Å². The quantitative estimate of drug-likeness (QED) is 0.882. The van der Waals surface area contributed by atoms with Gasteiger partial charge in [0.15, 0.2) is 0 Å². The smallest absolute Gasteiger partial charge is 0.142 e. The first-order valence-corrected chi connectivity index (χ1v) is 6.68. The molecule has 0 bridgehead atoms. The molecule has 0 radical (unpaired) electrons. The molecule has 1 aromatic rings. The monoisotopic (exact) mass is 244 g/mol. The molecule has 1 aliphatic rings. The van der Waals surface area contributed by atoms with Crippen LogP contribution in [-0.4, -0.2) is 35.6 Å². The highest BCUT2D eigenvalue weighted by atomic mass is 15.2. The molecule has 1 N–H and O–H groups in total. The molecule has 1 aliphatic heterocycles. The van der Waals surface area contributed by atoms with Crippen molar-refractivity contribution in [2.24, 2.45) is 0 Å². The highest BCUT2D eigenvalue weighted by Crippen LogP contribution is 2.15. The molecule has 0 aromatic carbocycles. The Kier molecular flexibility index (Phi) is 4.54. The Labute approximate surface area is 109 Å². The maximum absolute atomic E-state index is 8.83. The van der Waals surface area contributed by atoms with Gasteiger partial charge in [0.25, 0.3) is 0 Å². The molecule has 0 amide bonds. The maximum atomic E-state index is 8.83. The van der Waals surface area contributed by atoms with Gasteiger partial charge in [-0.05, 0) is 44.5 Å². The lowest BCUT2D eigenvalue weighted by atomic mass is 10.1. The number of nitrogens with one attached hydrogen (secondary N) is 1. The van der Waals surface area contributed by atoms with Gasteiger partial charge in [-0.25, -0.2) is 4.98 Å². The Morgan fingerprint density at radius 2 is 2.44 bits per heavy atom. The van der Waals surface area contributed by atoms with E-state index in [1.54, 1.807) is 6.07 Å². The summed E-state index contributed by atoms with van der Waals surface area (Å²) in [5.74, 6) is 0.817. The molecule has 4 heteroatoms. The van der Waals surface area contributed by atoms with Crippen molar-refractivity contribution >= 4 is 5.82 Å². The summed E-state index contributed by atoms with van der Waals surface area (Å²) in [7, 11) is 0. The van der Waals surface area contributed by atoms with Crippen LogP contribution in [0.15, 0.2) is 18.2 Å². The lowest BCUT2D eigenvalue weighted by molar-refractivity contribution is 0.216. The van der Waals surface area contributed by atoms with Crippen LogP contribution >= 0.6 is 0 Å². The van der Waals surface area contributed by atoms with Gasteiger partial charge in [-0.2, -0.15) is 5.26 Å². The fraction of sp³-hybridized carbons (Fsp3) is 0.571. The van der Waals surface area contributed by atoms with E-state index in [4.69, 9.17) is 5.26 Å². The molecule has 18 heavy (non-hydrogen) atoms. The standard InChI is InChI=1S/C14H20N4/c1-2-8-18-9-4-6-13(11-18)17-14-7-3-5-12(10-15)16-14/h3,5,7,13H,2,4,6,8-9,11H2,1H3,(H,16,17). The Hall–Kier alpha value is -1.60. The van der Waals surface area contributed by atoms with Crippen molar-refractivity contribution in [2.75, 3.05) is 25.0 Å². The van der Waals surface area contributed by atoms with Crippen molar-refractivity contribution in [3.63, 3.8) is 0 Å². The van der Waals surface area contributed by atoms with Gasteiger partial charge in [-0.15, -0.1) is 0 Å². The topological polar surface area (TPSA) is 52.0 Å². The van der Waals surface area contributed by atoms with Crippen molar-refractivity contribution in [3.8, 4) is 6.07 Å². The largest absolute Gasteiger partial charge is 0.366 e. The number of piperidine rings is 1. The van der Waals surface area contributed by atoms with Crippen molar-refractivity contribution in [3.05, 3.63) is 23.9 Å². The molecule has 2 heterocycles. The lowest BCUT2D eigenvalue weighted by Crippen LogP contribution is -2.42. The van der Waals surface area contributed by atoms with Crippen molar-refractivity contribution in [1.29, 1.82) is 5.26 Å². The van der Waals surface area contributed by atoms with E-state index in [0.717, 1.165) is 12.4 Å².